The van der Waals surface area contributed by atoms with Gasteiger partial charge in [-0.25, -0.2) is 9.59 Å². The summed E-state index contributed by atoms with van der Waals surface area (Å²) < 4.78 is 13.7. The molecule has 0 radical (unpaired) electrons. The minimum Gasteiger partial charge on any atom is -0.460 e. The fourth-order valence-corrected chi connectivity index (χ4v) is 0.615. The van der Waals surface area contributed by atoms with Gasteiger partial charge in [0, 0.05) is 13.2 Å². The van der Waals surface area contributed by atoms with Gasteiger partial charge in [0.25, 0.3) is 0 Å². The molecule has 1 amide bonds. The second-order valence-electron chi connectivity index (χ2n) is 2.49. The molecule has 0 heterocycles. The number of rotatable bonds is 6. The molecule has 0 rings (SSSR count). The molecule has 0 spiro atoms. The molecular weight excluding hydrogens is 204 g/mol. The number of ether oxygens (including phenoxy) is 3. The Morgan fingerprint density at radius 3 is 2.40 bits per heavy atom. The van der Waals surface area contributed by atoms with Crippen LogP contribution in [0.1, 0.15) is 0 Å². The lowest BCUT2D eigenvalue weighted by Crippen LogP contribution is -2.18. The summed E-state index contributed by atoms with van der Waals surface area (Å²) in [4.78, 5) is 21.2. The topological polar surface area (TPSA) is 114 Å². The Balaban J connectivity index is 3.79. The molecule has 7 nitrogen and oxygen atoms in total. The molecule has 0 bridgehead atoms. The zero-order valence-electron chi connectivity index (χ0n) is 8.39. The molecule has 0 saturated heterocycles. The molecular formula is C8H14N2O5. The molecule has 4 N–H and O–H groups in total. The summed E-state index contributed by atoms with van der Waals surface area (Å²) in [7, 11) is 1.48. The van der Waals surface area contributed by atoms with Crippen LogP contribution >= 0.6 is 0 Å². The molecule has 0 aliphatic carbocycles. The molecule has 0 aromatic carbocycles. The van der Waals surface area contributed by atoms with E-state index in [9.17, 15) is 9.59 Å². The van der Waals surface area contributed by atoms with Crippen molar-refractivity contribution >= 4 is 12.1 Å². The number of hydrogen-bond acceptors (Lipinski definition) is 6. The predicted molar refractivity (Wildman–Crippen MR) is 50.6 cm³/mol. The Hall–Kier alpha value is -1.76. The lowest BCUT2D eigenvalue weighted by molar-refractivity contribution is -0.139. The standard InChI is InChI=1S/C8H14N2O5/c1-13-2-3-14-7(11)4-6(9)5-15-8(10)12/h4H,2-3,5,9H2,1H3,(H2,10,12). The average molecular weight is 218 g/mol. The van der Waals surface area contributed by atoms with E-state index in [1.807, 2.05) is 0 Å². The summed E-state index contributed by atoms with van der Waals surface area (Å²) in [5.74, 6) is -0.627. The first kappa shape index (κ1) is 13.2. The van der Waals surface area contributed by atoms with Crippen molar-refractivity contribution in [2.75, 3.05) is 26.9 Å². The minimum absolute atomic E-state index is 0.0521. The zero-order valence-corrected chi connectivity index (χ0v) is 8.39. The zero-order chi connectivity index (χ0) is 11.7. The number of amides is 1. The number of carbonyl (C=O) groups excluding carboxylic acids is 2. The van der Waals surface area contributed by atoms with Crippen LogP contribution in [0.4, 0.5) is 4.79 Å². The van der Waals surface area contributed by atoms with Crippen LogP contribution < -0.4 is 11.5 Å². The van der Waals surface area contributed by atoms with Crippen LogP contribution in [0.2, 0.25) is 0 Å². The highest BCUT2D eigenvalue weighted by Gasteiger charge is 2.01. The summed E-state index contributed by atoms with van der Waals surface area (Å²) >= 11 is 0. The Kier molecular flexibility index (Phi) is 6.73. The van der Waals surface area contributed by atoms with Crippen LogP contribution in [0.25, 0.3) is 0 Å². The fourth-order valence-electron chi connectivity index (χ4n) is 0.615. The summed E-state index contributed by atoms with van der Waals surface area (Å²) in [6.45, 7) is 0.196. The summed E-state index contributed by atoms with van der Waals surface area (Å²) in [5, 5.41) is 0. The van der Waals surface area contributed by atoms with E-state index < -0.39 is 12.1 Å². The molecule has 0 aromatic rings. The molecule has 7 heteroatoms. The number of methoxy groups -OCH3 is 1. The van der Waals surface area contributed by atoms with E-state index in [0.29, 0.717) is 6.61 Å². The molecule has 0 unspecified atom stereocenters. The van der Waals surface area contributed by atoms with E-state index in [1.165, 1.54) is 7.11 Å². The van der Waals surface area contributed by atoms with Crippen molar-refractivity contribution in [2.24, 2.45) is 11.5 Å². The van der Waals surface area contributed by atoms with E-state index in [4.69, 9.17) is 11.5 Å². The van der Waals surface area contributed by atoms with Crippen molar-refractivity contribution in [1.29, 1.82) is 0 Å². The van der Waals surface area contributed by atoms with E-state index in [2.05, 4.69) is 14.2 Å². The van der Waals surface area contributed by atoms with Gasteiger partial charge < -0.3 is 25.7 Å². The van der Waals surface area contributed by atoms with Crippen LogP contribution in [-0.2, 0) is 19.0 Å². The van der Waals surface area contributed by atoms with E-state index in [1.54, 1.807) is 0 Å². The van der Waals surface area contributed by atoms with Gasteiger partial charge in [0.05, 0.1) is 12.3 Å². The van der Waals surface area contributed by atoms with Crippen molar-refractivity contribution in [1.82, 2.24) is 0 Å². The normalized spacial score (nSPS) is 10.9. The Labute approximate surface area is 86.9 Å². The highest BCUT2D eigenvalue weighted by atomic mass is 16.6. The maximum atomic E-state index is 11.0. The first-order chi connectivity index (χ1) is 7.06. The van der Waals surface area contributed by atoms with Gasteiger partial charge in [-0.3, -0.25) is 0 Å². The van der Waals surface area contributed by atoms with Gasteiger partial charge in [0.15, 0.2) is 0 Å². The number of nitrogens with two attached hydrogens (primary N) is 2. The second-order valence-corrected chi connectivity index (χ2v) is 2.49. The molecule has 0 atom stereocenters. The van der Waals surface area contributed by atoms with Crippen molar-refractivity contribution in [3.63, 3.8) is 0 Å². The predicted octanol–water partition coefficient (Wildman–Crippen LogP) is -0.886. The number of esters is 1. The molecule has 15 heavy (non-hydrogen) atoms. The smallest absolute Gasteiger partial charge is 0.404 e. The van der Waals surface area contributed by atoms with E-state index in [-0.39, 0.29) is 18.9 Å². The highest BCUT2D eigenvalue weighted by Crippen LogP contribution is 1.89. The Morgan fingerprint density at radius 1 is 1.20 bits per heavy atom. The van der Waals surface area contributed by atoms with Crippen LogP contribution in [0.5, 0.6) is 0 Å². The van der Waals surface area contributed by atoms with Crippen LogP contribution in [0.3, 0.4) is 0 Å². The van der Waals surface area contributed by atoms with Gasteiger partial charge in [-0.1, -0.05) is 0 Å². The maximum Gasteiger partial charge on any atom is 0.404 e. The number of carbonyl (C=O) groups is 2. The molecule has 0 saturated carbocycles. The van der Waals surface area contributed by atoms with E-state index in [0.717, 1.165) is 6.08 Å². The third kappa shape index (κ3) is 8.57. The summed E-state index contributed by atoms with van der Waals surface area (Å²) in [5.41, 5.74) is 10.1. The van der Waals surface area contributed by atoms with Gasteiger partial charge in [-0.15, -0.1) is 0 Å². The third-order valence-electron chi connectivity index (χ3n) is 1.22. The maximum absolute atomic E-state index is 11.0. The lowest BCUT2D eigenvalue weighted by Gasteiger charge is -2.03. The third-order valence-corrected chi connectivity index (χ3v) is 1.22. The van der Waals surface area contributed by atoms with Gasteiger partial charge in [0.1, 0.15) is 13.2 Å². The molecule has 86 valence electrons. The second kappa shape index (κ2) is 7.63. The van der Waals surface area contributed by atoms with Gasteiger partial charge >= 0.3 is 12.1 Å². The summed E-state index contributed by atoms with van der Waals surface area (Å²) in [6, 6.07) is 0. The summed E-state index contributed by atoms with van der Waals surface area (Å²) in [6.07, 6.45) is 0.0533. The first-order valence-corrected chi connectivity index (χ1v) is 4.10. The fraction of sp³-hybridized carbons (Fsp3) is 0.500. The Morgan fingerprint density at radius 2 is 1.87 bits per heavy atom. The van der Waals surface area contributed by atoms with Crippen molar-refractivity contribution in [3.8, 4) is 0 Å². The van der Waals surface area contributed by atoms with Gasteiger partial charge in [0.2, 0.25) is 0 Å². The highest BCUT2D eigenvalue weighted by molar-refractivity contribution is 5.82. The average Bonchev–Trinajstić information content (AvgIpc) is 2.15. The van der Waals surface area contributed by atoms with Gasteiger partial charge in [-0.05, 0) is 0 Å². The molecule has 0 aliphatic heterocycles. The molecule has 0 aromatic heterocycles. The van der Waals surface area contributed by atoms with Crippen molar-refractivity contribution < 1.29 is 23.8 Å². The van der Waals surface area contributed by atoms with Crippen LogP contribution in [-0.4, -0.2) is 39.0 Å². The molecule has 0 fully saturated rings. The largest absolute Gasteiger partial charge is 0.460 e. The lowest BCUT2D eigenvalue weighted by atomic mass is 10.4. The first-order valence-electron chi connectivity index (χ1n) is 4.10. The van der Waals surface area contributed by atoms with Crippen molar-refractivity contribution in [3.05, 3.63) is 11.8 Å². The van der Waals surface area contributed by atoms with Crippen LogP contribution in [0.15, 0.2) is 11.8 Å². The monoisotopic (exact) mass is 218 g/mol. The Bertz CT molecular complexity index is 251. The number of hydrogen-bond donors (Lipinski definition) is 2. The van der Waals surface area contributed by atoms with Crippen molar-refractivity contribution in [2.45, 2.75) is 0 Å². The van der Waals surface area contributed by atoms with E-state index >= 15 is 0 Å². The number of primary amides is 1. The molecule has 0 aliphatic rings. The minimum atomic E-state index is -0.959. The van der Waals surface area contributed by atoms with Gasteiger partial charge in [-0.2, -0.15) is 0 Å². The quantitative estimate of drug-likeness (QED) is 0.339. The van der Waals surface area contributed by atoms with Crippen LogP contribution in [0, 0.1) is 0 Å². The SMILES string of the molecule is COCCOC(=O)C=C(N)COC(N)=O.